The molecule has 0 heterocycles. The van der Waals surface area contributed by atoms with Crippen molar-refractivity contribution in [3.63, 3.8) is 0 Å². The van der Waals surface area contributed by atoms with Gasteiger partial charge in [-0.3, -0.25) is 0 Å². The van der Waals surface area contributed by atoms with Crippen LogP contribution in [0.2, 0.25) is 0 Å². The van der Waals surface area contributed by atoms with Gasteiger partial charge >= 0.3 is 0 Å². The summed E-state index contributed by atoms with van der Waals surface area (Å²) in [7, 11) is 1.79. The molecule has 0 saturated heterocycles. The highest BCUT2D eigenvalue weighted by Gasteiger charge is 2.22. The van der Waals surface area contributed by atoms with Crippen molar-refractivity contribution in [1.29, 1.82) is 0 Å². The maximum Gasteiger partial charge on any atom is 0.119 e. The third-order valence-corrected chi connectivity index (χ3v) is 4.16. The first kappa shape index (κ1) is 15.3. The number of rotatable bonds is 6. The zero-order chi connectivity index (χ0) is 14.4. The Labute approximate surface area is 122 Å². The number of methoxy groups -OCH3 is 1. The molecule has 20 heavy (non-hydrogen) atoms. The second kappa shape index (κ2) is 7.65. The van der Waals surface area contributed by atoms with E-state index in [0.29, 0.717) is 6.10 Å². The molecule has 0 radical (unpaired) electrons. The minimum Gasteiger partial charge on any atom is -0.490 e. The minimum atomic E-state index is 0.252. The van der Waals surface area contributed by atoms with Gasteiger partial charge in [0.05, 0.1) is 6.10 Å². The van der Waals surface area contributed by atoms with E-state index in [4.69, 9.17) is 15.2 Å². The van der Waals surface area contributed by atoms with Crippen molar-refractivity contribution < 1.29 is 9.47 Å². The first-order valence-corrected chi connectivity index (χ1v) is 7.75. The summed E-state index contributed by atoms with van der Waals surface area (Å²) in [5, 5.41) is 0. The van der Waals surface area contributed by atoms with Crippen molar-refractivity contribution >= 4 is 0 Å². The largest absolute Gasteiger partial charge is 0.490 e. The topological polar surface area (TPSA) is 44.5 Å². The van der Waals surface area contributed by atoms with Gasteiger partial charge in [0.2, 0.25) is 0 Å². The van der Waals surface area contributed by atoms with E-state index in [2.05, 4.69) is 31.2 Å². The fourth-order valence-electron chi connectivity index (χ4n) is 2.77. The Morgan fingerprint density at radius 2 is 1.90 bits per heavy atom. The van der Waals surface area contributed by atoms with Crippen molar-refractivity contribution in [2.24, 2.45) is 5.73 Å². The molecule has 112 valence electrons. The van der Waals surface area contributed by atoms with Crippen molar-refractivity contribution in [1.82, 2.24) is 0 Å². The van der Waals surface area contributed by atoms with E-state index in [1.165, 1.54) is 12.0 Å². The molecule has 0 spiro atoms. The van der Waals surface area contributed by atoms with Crippen molar-refractivity contribution in [3.8, 4) is 5.75 Å². The number of hydrogen-bond acceptors (Lipinski definition) is 3. The molecular weight excluding hydrogens is 250 g/mol. The molecule has 3 nitrogen and oxygen atoms in total. The Hall–Kier alpha value is -1.06. The maximum atomic E-state index is 6.06. The smallest absolute Gasteiger partial charge is 0.119 e. The number of benzene rings is 1. The number of hydrogen-bond donors (Lipinski definition) is 1. The van der Waals surface area contributed by atoms with Gasteiger partial charge in [-0.25, -0.2) is 0 Å². The second-order valence-electron chi connectivity index (χ2n) is 5.78. The van der Waals surface area contributed by atoms with Crippen LogP contribution in [0.3, 0.4) is 0 Å². The van der Waals surface area contributed by atoms with E-state index < -0.39 is 0 Å². The molecule has 1 saturated carbocycles. The molecule has 1 fully saturated rings. The lowest BCUT2D eigenvalue weighted by atomic mass is 9.95. The van der Waals surface area contributed by atoms with Gasteiger partial charge in [-0.15, -0.1) is 0 Å². The number of nitrogens with two attached hydrogens (primary N) is 1. The molecule has 1 aliphatic rings. The van der Waals surface area contributed by atoms with Gasteiger partial charge < -0.3 is 15.2 Å². The van der Waals surface area contributed by atoms with Crippen LogP contribution in [0.1, 0.15) is 44.6 Å². The number of ether oxygens (including phenoxy) is 2. The SMILES string of the molecule is CCC(N)Cc1ccc(OC2CCCC(OC)C2)cc1. The summed E-state index contributed by atoms with van der Waals surface area (Å²) in [5.41, 5.74) is 7.26. The molecule has 0 amide bonds. The van der Waals surface area contributed by atoms with Crippen molar-refractivity contribution in [3.05, 3.63) is 29.8 Å². The van der Waals surface area contributed by atoms with E-state index in [0.717, 1.165) is 37.9 Å². The molecular formula is C17H27NO2. The summed E-state index contributed by atoms with van der Waals surface area (Å²) in [4.78, 5) is 0. The lowest BCUT2D eigenvalue weighted by molar-refractivity contribution is 0.0209. The van der Waals surface area contributed by atoms with E-state index in [1.54, 1.807) is 7.11 Å². The van der Waals surface area contributed by atoms with Crippen LogP contribution in [0.15, 0.2) is 24.3 Å². The van der Waals surface area contributed by atoms with E-state index in [1.807, 2.05) is 0 Å². The molecule has 3 atom stereocenters. The summed E-state index contributed by atoms with van der Waals surface area (Å²) in [6.45, 7) is 2.12. The Bertz CT molecular complexity index is 390. The zero-order valence-corrected chi connectivity index (χ0v) is 12.7. The van der Waals surface area contributed by atoms with Gasteiger partial charge in [-0.05, 0) is 49.8 Å². The highest BCUT2D eigenvalue weighted by atomic mass is 16.5. The summed E-state index contributed by atoms with van der Waals surface area (Å²) in [5.74, 6) is 0.959. The lowest BCUT2D eigenvalue weighted by Crippen LogP contribution is -2.29. The zero-order valence-electron chi connectivity index (χ0n) is 12.7. The van der Waals surface area contributed by atoms with Gasteiger partial charge in [0, 0.05) is 19.6 Å². The standard InChI is InChI=1S/C17H27NO2/c1-3-14(18)11-13-7-9-15(10-8-13)20-17-6-4-5-16(12-17)19-2/h7-10,14,16-17H,3-6,11-12,18H2,1-2H3. The predicted molar refractivity (Wildman–Crippen MR) is 82.1 cm³/mol. The van der Waals surface area contributed by atoms with Crippen molar-refractivity contribution in [2.45, 2.75) is 63.7 Å². The average molecular weight is 277 g/mol. The van der Waals surface area contributed by atoms with Crippen LogP contribution >= 0.6 is 0 Å². The predicted octanol–water partition coefficient (Wildman–Crippen LogP) is 3.30. The third kappa shape index (κ3) is 4.50. The van der Waals surface area contributed by atoms with Crippen LogP contribution in [-0.2, 0) is 11.2 Å². The Morgan fingerprint density at radius 1 is 1.20 bits per heavy atom. The molecule has 1 aromatic rings. The average Bonchev–Trinajstić information content (AvgIpc) is 2.49. The molecule has 2 rings (SSSR count). The highest BCUT2D eigenvalue weighted by molar-refractivity contribution is 5.28. The first-order chi connectivity index (χ1) is 9.71. The van der Waals surface area contributed by atoms with Crippen LogP contribution in [0.4, 0.5) is 0 Å². The summed E-state index contributed by atoms with van der Waals surface area (Å²) in [6.07, 6.45) is 7.07. The first-order valence-electron chi connectivity index (χ1n) is 7.75. The fraction of sp³-hybridized carbons (Fsp3) is 0.647. The fourth-order valence-corrected chi connectivity index (χ4v) is 2.77. The van der Waals surface area contributed by atoms with E-state index >= 15 is 0 Å². The van der Waals surface area contributed by atoms with E-state index in [-0.39, 0.29) is 12.1 Å². The monoisotopic (exact) mass is 277 g/mol. The summed E-state index contributed by atoms with van der Waals surface area (Å²) < 4.78 is 11.5. The van der Waals surface area contributed by atoms with E-state index in [9.17, 15) is 0 Å². The summed E-state index contributed by atoms with van der Waals surface area (Å²) in [6, 6.07) is 8.63. The van der Waals surface area contributed by atoms with Gasteiger partial charge in [0.1, 0.15) is 11.9 Å². The van der Waals surface area contributed by atoms with Crippen LogP contribution in [0, 0.1) is 0 Å². The molecule has 1 aliphatic carbocycles. The molecule has 3 heteroatoms. The van der Waals surface area contributed by atoms with Crippen LogP contribution in [0.25, 0.3) is 0 Å². The minimum absolute atomic E-state index is 0.252. The van der Waals surface area contributed by atoms with Gasteiger partial charge in [0.15, 0.2) is 0 Å². The highest BCUT2D eigenvalue weighted by Crippen LogP contribution is 2.25. The third-order valence-electron chi connectivity index (χ3n) is 4.16. The van der Waals surface area contributed by atoms with Gasteiger partial charge in [-0.2, -0.15) is 0 Å². The lowest BCUT2D eigenvalue weighted by Gasteiger charge is -2.28. The Morgan fingerprint density at radius 3 is 2.55 bits per heavy atom. The molecule has 0 aromatic heterocycles. The van der Waals surface area contributed by atoms with Crippen molar-refractivity contribution in [2.75, 3.05) is 7.11 Å². The second-order valence-corrected chi connectivity index (χ2v) is 5.78. The van der Waals surface area contributed by atoms with Crippen LogP contribution in [0.5, 0.6) is 5.75 Å². The van der Waals surface area contributed by atoms with Crippen LogP contribution < -0.4 is 10.5 Å². The van der Waals surface area contributed by atoms with Gasteiger partial charge in [0.25, 0.3) is 0 Å². The summed E-state index contributed by atoms with van der Waals surface area (Å²) >= 11 is 0. The quantitative estimate of drug-likeness (QED) is 0.867. The Balaban J connectivity index is 1.87. The molecule has 0 aliphatic heterocycles. The molecule has 3 unspecified atom stereocenters. The molecule has 0 bridgehead atoms. The molecule has 1 aromatic carbocycles. The normalized spacial score (nSPS) is 24.4. The Kier molecular flexibility index (Phi) is 5.86. The molecule has 2 N–H and O–H groups in total. The van der Waals surface area contributed by atoms with Crippen LogP contribution in [-0.4, -0.2) is 25.4 Å². The maximum absolute atomic E-state index is 6.06. The van der Waals surface area contributed by atoms with Gasteiger partial charge in [-0.1, -0.05) is 19.1 Å².